The van der Waals surface area contributed by atoms with Crippen LogP contribution in [-0.2, 0) is 7.05 Å². The van der Waals surface area contributed by atoms with Crippen LogP contribution >= 0.6 is 0 Å². The number of imidazole rings is 1. The Kier molecular flexibility index (Phi) is 4.05. The van der Waals surface area contributed by atoms with Gasteiger partial charge in [0.1, 0.15) is 17.0 Å². The van der Waals surface area contributed by atoms with Gasteiger partial charge in [0.05, 0.1) is 24.0 Å². The van der Waals surface area contributed by atoms with Crippen LogP contribution in [0.2, 0.25) is 0 Å². The van der Waals surface area contributed by atoms with Gasteiger partial charge in [0.2, 0.25) is 0 Å². The minimum atomic E-state index is -0.498. The third-order valence-corrected chi connectivity index (χ3v) is 5.50. The lowest BCUT2D eigenvalue weighted by Gasteiger charge is -2.37. The van der Waals surface area contributed by atoms with Crippen molar-refractivity contribution in [1.29, 1.82) is 0 Å². The molecule has 6 nitrogen and oxygen atoms in total. The first-order valence-electron chi connectivity index (χ1n) is 9.07. The summed E-state index contributed by atoms with van der Waals surface area (Å²) in [5.74, 6) is 0.808. The molecule has 1 unspecified atom stereocenters. The number of nitrogens with zero attached hydrogens (tertiary/aromatic N) is 3. The molecule has 0 bridgehead atoms. The van der Waals surface area contributed by atoms with Gasteiger partial charge in [-0.05, 0) is 31.9 Å². The molecule has 1 saturated heterocycles. The monoisotopic (exact) mass is 353 g/mol. The fourth-order valence-corrected chi connectivity index (χ4v) is 4.10. The van der Waals surface area contributed by atoms with Crippen molar-refractivity contribution in [2.24, 2.45) is 7.05 Å². The van der Waals surface area contributed by atoms with Gasteiger partial charge in [0.25, 0.3) is 5.91 Å². The van der Waals surface area contributed by atoms with Crippen LogP contribution in [0.5, 0.6) is 5.75 Å². The fourth-order valence-electron chi connectivity index (χ4n) is 4.10. The number of hydrogen-bond acceptors (Lipinski definition) is 4. The third-order valence-electron chi connectivity index (χ3n) is 5.50. The molecule has 0 N–H and O–H groups in total. The number of ketones is 1. The molecule has 1 fully saturated rings. The zero-order valence-electron chi connectivity index (χ0n) is 15.2. The number of benzene rings is 1. The van der Waals surface area contributed by atoms with Crippen molar-refractivity contribution in [2.45, 2.75) is 38.2 Å². The van der Waals surface area contributed by atoms with Gasteiger partial charge in [-0.2, -0.15) is 0 Å². The van der Waals surface area contributed by atoms with E-state index in [-0.39, 0.29) is 11.7 Å². The van der Waals surface area contributed by atoms with E-state index in [4.69, 9.17) is 4.74 Å². The molecule has 1 spiro atoms. The predicted molar refractivity (Wildman–Crippen MR) is 96.4 cm³/mol. The molecule has 2 aliphatic heterocycles. The maximum absolute atomic E-state index is 12.9. The number of rotatable bonds is 1. The fraction of sp³-hybridized carbons (Fsp3) is 0.450. The molecule has 2 aliphatic rings. The second kappa shape index (κ2) is 6.27. The smallest absolute Gasteiger partial charge is 0.272 e. The highest BCUT2D eigenvalue weighted by molar-refractivity contribution is 6.00. The molecule has 1 amide bonds. The number of fused-ring (bicyclic) bond motifs is 1. The van der Waals surface area contributed by atoms with E-state index in [0.717, 1.165) is 18.5 Å². The molecule has 2 aromatic rings. The first-order chi connectivity index (χ1) is 12.5. The van der Waals surface area contributed by atoms with Crippen LogP contribution in [0, 0.1) is 6.92 Å². The van der Waals surface area contributed by atoms with Crippen molar-refractivity contribution in [1.82, 2.24) is 14.5 Å². The Balaban J connectivity index is 1.54. The second-order valence-corrected chi connectivity index (χ2v) is 7.32. The highest BCUT2D eigenvalue weighted by Crippen LogP contribution is 2.39. The van der Waals surface area contributed by atoms with Crippen LogP contribution in [0.15, 0.2) is 30.6 Å². The van der Waals surface area contributed by atoms with E-state index in [0.29, 0.717) is 42.9 Å². The first kappa shape index (κ1) is 16.8. The number of likely N-dealkylation sites (tertiary alicyclic amines) is 1. The lowest BCUT2D eigenvalue weighted by atomic mass is 9.84. The van der Waals surface area contributed by atoms with Crippen LogP contribution < -0.4 is 4.74 Å². The number of aromatic nitrogens is 2. The zero-order chi connectivity index (χ0) is 18.3. The molecular formula is C20H23N3O3. The molecule has 0 saturated carbocycles. The van der Waals surface area contributed by atoms with Gasteiger partial charge in [0, 0.05) is 26.6 Å². The Labute approximate surface area is 152 Å². The van der Waals surface area contributed by atoms with Gasteiger partial charge >= 0.3 is 0 Å². The number of carbonyl (C=O) groups is 2. The van der Waals surface area contributed by atoms with Crippen molar-refractivity contribution in [2.75, 3.05) is 13.1 Å². The van der Waals surface area contributed by atoms with Crippen LogP contribution in [0.1, 0.15) is 52.2 Å². The van der Waals surface area contributed by atoms with E-state index in [1.165, 1.54) is 0 Å². The van der Waals surface area contributed by atoms with Crippen LogP contribution in [0.3, 0.4) is 0 Å². The lowest BCUT2D eigenvalue weighted by Crippen LogP contribution is -2.43. The number of ether oxygens (including phenoxy) is 1. The van der Waals surface area contributed by atoms with Crippen LogP contribution in [-0.4, -0.2) is 44.8 Å². The van der Waals surface area contributed by atoms with Gasteiger partial charge < -0.3 is 14.2 Å². The number of Topliss-reactive ketones (excluding diaryl/α,β-unsaturated/α-hetero) is 1. The summed E-state index contributed by atoms with van der Waals surface area (Å²) >= 11 is 0. The van der Waals surface area contributed by atoms with Crippen molar-refractivity contribution in [3.63, 3.8) is 0 Å². The van der Waals surface area contributed by atoms with Crippen molar-refractivity contribution >= 4 is 11.7 Å². The van der Waals surface area contributed by atoms with E-state index in [9.17, 15) is 9.59 Å². The van der Waals surface area contributed by atoms with E-state index in [2.05, 4.69) is 4.98 Å². The number of amides is 1. The molecule has 136 valence electrons. The zero-order valence-corrected chi connectivity index (χ0v) is 15.2. The number of carbonyl (C=O) groups excluding carboxylic acids is 2. The minimum Gasteiger partial charge on any atom is -0.486 e. The molecule has 6 heteroatoms. The Hall–Kier alpha value is -2.63. The quantitative estimate of drug-likeness (QED) is 0.791. The van der Waals surface area contributed by atoms with Crippen LogP contribution in [0.4, 0.5) is 0 Å². The van der Waals surface area contributed by atoms with Gasteiger partial charge in [-0.1, -0.05) is 12.1 Å². The Morgan fingerprint density at radius 1 is 1.23 bits per heavy atom. The average molecular weight is 353 g/mol. The minimum absolute atomic E-state index is 0.00193. The van der Waals surface area contributed by atoms with E-state index < -0.39 is 5.60 Å². The molecule has 3 heterocycles. The molecule has 26 heavy (non-hydrogen) atoms. The summed E-state index contributed by atoms with van der Waals surface area (Å²) in [4.78, 5) is 31.6. The second-order valence-electron chi connectivity index (χ2n) is 7.32. The summed E-state index contributed by atoms with van der Waals surface area (Å²) in [6.45, 7) is 3.11. The molecular weight excluding hydrogens is 330 g/mol. The standard InChI is InChI=1S/C20H23N3O3/c1-14-18(22(2)13-21-14)19(25)23-10-5-8-20(9-11-23)12-16(24)15-6-3-4-7-17(15)26-20/h3-4,6-7,13H,5,8-12H2,1-2H3. The molecule has 4 rings (SSSR count). The van der Waals surface area contributed by atoms with Gasteiger partial charge in [-0.25, -0.2) is 4.98 Å². The number of aryl methyl sites for hydroxylation is 2. The Bertz CT molecular complexity index is 853. The summed E-state index contributed by atoms with van der Waals surface area (Å²) in [5, 5.41) is 0. The highest BCUT2D eigenvalue weighted by atomic mass is 16.5. The van der Waals surface area contributed by atoms with E-state index in [1.807, 2.05) is 43.1 Å². The molecule has 0 aliphatic carbocycles. The number of para-hydroxylation sites is 1. The molecule has 1 aromatic heterocycles. The maximum atomic E-state index is 12.9. The number of hydrogen-bond donors (Lipinski definition) is 0. The Morgan fingerprint density at radius 2 is 2.04 bits per heavy atom. The topological polar surface area (TPSA) is 64.4 Å². The summed E-state index contributed by atoms with van der Waals surface area (Å²) < 4.78 is 8.07. The first-order valence-corrected chi connectivity index (χ1v) is 9.07. The lowest BCUT2D eigenvalue weighted by molar-refractivity contribution is 0.0300. The molecule has 1 aromatic carbocycles. The van der Waals surface area contributed by atoms with Crippen molar-refractivity contribution < 1.29 is 14.3 Å². The third kappa shape index (κ3) is 2.79. The SMILES string of the molecule is Cc1ncn(C)c1C(=O)N1CCCC2(CC1)CC(=O)c1ccccc1O2. The Morgan fingerprint density at radius 3 is 2.81 bits per heavy atom. The largest absolute Gasteiger partial charge is 0.486 e. The van der Waals surface area contributed by atoms with E-state index >= 15 is 0 Å². The summed E-state index contributed by atoms with van der Waals surface area (Å²) in [6.07, 6.45) is 4.31. The van der Waals surface area contributed by atoms with Crippen molar-refractivity contribution in [3.05, 3.63) is 47.5 Å². The summed E-state index contributed by atoms with van der Waals surface area (Å²) in [5.41, 5.74) is 1.55. The highest BCUT2D eigenvalue weighted by Gasteiger charge is 2.42. The molecule has 1 atom stereocenters. The maximum Gasteiger partial charge on any atom is 0.272 e. The van der Waals surface area contributed by atoms with Gasteiger partial charge in [-0.15, -0.1) is 0 Å². The molecule has 0 radical (unpaired) electrons. The predicted octanol–water partition coefficient (Wildman–Crippen LogP) is 2.76. The van der Waals surface area contributed by atoms with Crippen molar-refractivity contribution in [3.8, 4) is 5.75 Å². The van der Waals surface area contributed by atoms with Gasteiger partial charge in [-0.3, -0.25) is 9.59 Å². The summed E-state index contributed by atoms with van der Waals surface area (Å²) in [7, 11) is 1.84. The van der Waals surface area contributed by atoms with E-state index in [1.54, 1.807) is 10.9 Å². The van der Waals surface area contributed by atoms with Crippen LogP contribution in [0.25, 0.3) is 0 Å². The average Bonchev–Trinajstić information content (AvgIpc) is 2.83. The summed E-state index contributed by atoms with van der Waals surface area (Å²) in [6, 6.07) is 7.44. The normalized spacial score (nSPS) is 22.7. The van der Waals surface area contributed by atoms with Gasteiger partial charge in [0.15, 0.2) is 5.78 Å².